The molecule has 1 aliphatic heterocycles. The lowest BCUT2D eigenvalue weighted by Gasteiger charge is -2.36. The Morgan fingerprint density at radius 2 is 1.90 bits per heavy atom. The zero-order valence-corrected chi connectivity index (χ0v) is 18.4. The summed E-state index contributed by atoms with van der Waals surface area (Å²) in [5, 5.41) is 9.13. The number of aromatic nitrogens is 2. The Hall–Kier alpha value is -3.22. The summed E-state index contributed by atoms with van der Waals surface area (Å²) in [5.74, 6) is -0.0659. The van der Waals surface area contributed by atoms with E-state index >= 15 is 0 Å². The number of anilines is 1. The number of fused-ring (bicyclic) bond motifs is 1. The van der Waals surface area contributed by atoms with Crippen LogP contribution >= 0.6 is 0 Å². The molecule has 4 rings (SSSR count). The minimum atomic E-state index is -0.756. The number of hydrogen-bond donors (Lipinski definition) is 2. The molecular weight excluding hydrogens is 392 g/mol. The van der Waals surface area contributed by atoms with E-state index in [1.54, 1.807) is 0 Å². The molecule has 2 aromatic rings. The second-order valence-electron chi connectivity index (χ2n) is 9.25. The Labute approximate surface area is 182 Å². The van der Waals surface area contributed by atoms with E-state index in [1.165, 1.54) is 17.5 Å². The Bertz CT molecular complexity index is 1100. The average molecular weight is 421 g/mol. The predicted octanol–water partition coefficient (Wildman–Crippen LogP) is 4.58. The van der Waals surface area contributed by atoms with Crippen molar-refractivity contribution in [2.45, 2.75) is 64.4 Å². The summed E-state index contributed by atoms with van der Waals surface area (Å²) in [4.78, 5) is 24.0. The van der Waals surface area contributed by atoms with Crippen molar-refractivity contribution in [2.75, 3.05) is 5.73 Å². The summed E-state index contributed by atoms with van der Waals surface area (Å²) in [6.07, 6.45) is 4.14. The van der Waals surface area contributed by atoms with E-state index < -0.39 is 11.6 Å². The number of carboxylic acids is 1. The monoisotopic (exact) mass is 420 g/mol. The molecule has 0 fully saturated rings. The molecule has 0 spiro atoms. The number of carboxylic acid groups (broad SMARTS) is 1. The fraction of sp³-hybridized carbons (Fsp3) is 0.417. The number of aliphatic carboxylic acids is 1. The molecule has 0 radical (unpaired) electrons. The number of nitrogens with two attached hydrogens (primary N) is 1. The number of carbonyl (C=O) groups is 1. The third kappa shape index (κ3) is 3.92. The van der Waals surface area contributed by atoms with Crippen LogP contribution in [0.1, 0.15) is 64.5 Å². The van der Waals surface area contributed by atoms with E-state index in [0.29, 0.717) is 17.4 Å². The normalized spacial score (nSPS) is 22.4. The van der Waals surface area contributed by atoms with Crippen molar-refractivity contribution in [3.63, 3.8) is 0 Å². The van der Waals surface area contributed by atoms with Gasteiger partial charge in [-0.1, -0.05) is 42.3 Å². The first-order chi connectivity index (χ1) is 14.6. The lowest BCUT2D eigenvalue weighted by molar-refractivity contribution is -0.136. The summed E-state index contributed by atoms with van der Waals surface area (Å²) in [5.41, 5.74) is 11.0. The highest BCUT2D eigenvalue weighted by Crippen LogP contribution is 2.43. The Morgan fingerprint density at radius 3 is 2.55 bits per heavy atom. The lowest BCUT2D eigenvalue weighted by Crippen LogP contribution is -2.41. The van der Waals surface area contributed by atoms with Crippen LogP contribution < -0.4 is 10.5 Å². The summed E-state index contributed by atoms with van der Waals surface area (Å²) in [7, 11) is 0. The van der Waals surface area contributed by atoms with Crippen molar-refractivity contribution in [3.8, 4) is 5.88 Å². The number of ether oxygens (including phenoxy) is 1. The minimum Gasteiger partial charge on any atom is -0.481 e. The van der Waals surface area contributed by atoms with Crippen LogP contribution in [0, 0.1) is 0 Å². The maximum absolute atomic E-state index is 11.1. The second-order valence-corrected chi connectivity index (χ2v) is 9.25. The number of hydrogen-bond acceptors (Lipinski definition) is 6. The van der Waals surface area contributed by atoms with Crippen molar-refractivity contribution >= 4 is 23.2 Å². The van der Waals surface area contributed by atoms with Crippen LogP contribution in [0.4, 0.5) is 11.5 Å². The molecule has 0 saturated heterocycles. The van der Waals surface area contributed by atoms with Gasteiger partial charge in [0.05, 0.1) is 12.1 Å². The SMILES string of the molecule is CC1=C(CC(=O)O)CCC(C)(c2ccc(C3=Nc4c(N)ncnc4OC3(C)C)cc2)C1. The predicted molar refractivity (Wildman–Crippen MR) is 120 cm³/mol. The molecule has 1 unspecified atom stereocenters. The third-order valence-corrected chi connectivity index (χ3v) is 6.42. The Balaban J connectivity index is 1.64. The van der Waals surface area contributed by atoms with E-state index in [0.717, 1.165) is 36.1 Å². The molecular formula is C24H28N4O3. The second kappa shape index (κ2) is 7.48. The van der Waals surface area contributed by atoms with Gasteiger partial charge in [-0.25, -0.2) is 9.98 Å². The number of allylic oxidation sites excluding steroid dienone is 1. The van der Waals surface area contributed by atoms with Gasteiger partial charge in [-0.15, -0.1) is 0 Å². The van der Waals surface area contributed by atoms with Crippen LogP contribution in [0.25, 0.3) is 0 Å². The number of rotatable bonds is 4. The summed E-state index contributed by atoms with van der Waals surface area (Å²) >= 11 is 0. The highest BCUT2D eigenvalue weighted by Gasteiger charge is 2.36. The van der Waals surface area contributed by atoms with E-state index in [4.69, 9.17) is 20.6 Å². The summed E-state index contributed by atoms with van der Waals surface area (Å²) in [6, 6.07) is 8.43. The minimum absolute atomic E-state index is 0.0180. The first-order valence-electron chi connectivity index (χ1n) is 10.5. The number of aliphatic imine (C=N–C) groups is 1. The van der Waals surface area contributed by atoms with Crippen LogP contribution in [0.15, 0.2) is 46.7 Å². The van der Waals surface area contributed by atoms with Crippen LogP contribution in [-0.2, 0) is 10.2 Å². The van der Waals surface area contributed by atoms with Gasteiger partial charge in [0.1, 0.15) is 11.9 Å². The van der Waals surface area contributed by atoms with E-state index in [1.807, 2.05) is 13.8 Å². The van der Waals surface area contributed by atoms with Gasteiger partial charge in [-0.2, -0.15) is 4.98 Å². The van der Waals surface area contributed by atoms with Gasteiger partial charge in [0, 0.05) is 5.56 Å². The molecule has 1 aliphatic carbocycles. The lowest BCUT2D eigenvalue weighted by atomic mass is 9.68. The summed E-state index contributed by atoms with van der Waals surface area (Å²) < 4.78 is 6.08. The number of nitrogen functional groups attached to an aromatic ring is 1. The van der Waals surface area contributed by atoms with Crippen LogP contribution in [0.5, 0.6) is 5.88 Å². The number of nitrogens with zero attached hydrogens (tertiary/aromatic N) is 3. The highest BCUT2D eigenvalue weighted by molar-refractivity contribution is 6.09. The molecule has 3 N–H and O–H groups in total. The molecule has 1 aromatic heterocycles. The van der Waals surface area contributed by atoms with Crippen LogP contribution in [-0.4, -0.2) is 32.4 Å². The van der Waals surface area contributed by atoms with Gasteiger partial charge in [-0.3, -0.25) is 4.79 Å². The van der Waals surface area contributed by atoms with Gasteiger partial charge >= 0.3 is 5.97 Å². The number of benzene rings is 1. The smallest absolute Gasteiger partial charge is 0.307 e. The third-order valence-electron chi connectivity index (χ3n) is 6.42. The van der Waals surface area contributed by atoms with Crippen LogP contribution in [0.2, 0.25) is 0 Å². The zero-order chi connectivity index (χ0) is 22.4. The topological polar surface area (TPSA) is 111 Å². The van der Waals surface area contributed by atoms with Crippen LogP contribution in [0.3, 0.4) is 0 Å². The maximum atomic E-state index is 11.1. The molecule has 0 bridgehead atoms. The fourth-order valence-corrected chi connectivity index (χ4v) is 4.64. The Kier molecular flexibility index (Phi) is 5.07. The quantitative estimate of drug-likeness (QED) is 0.700. The van der Waals surface area contributed by atoms with Crippen molar-refractivity contribution in [3.05, 3.63) is 52.9 Å². The molecule has 0 amide bonds. The van der Waals surface area contributed by atoms with E-state index in [-0.39, 0.29) is 11.8 Å². The first kappa shape index (κ1) is 21.0. The van der Waals surface area contributed by atoms with Gasteiger partial charge in [0.2, 0.25) is 5.88 Å². The van der Waals surface area contributed by atoms with E-state index in [9.17, 15) is 4.79 Å². The maximum Gasteiger partial charge on any atom is 0.307 e. The standard InChI is InChI=1S/C24H28N4O3/c1-14-12-24(4,10-9-16(14)11-18(29)30)17-7-5-15(6-8-17)20-23(2,3)31-22-19(28-20)21(25)26-13-27-22/h5-8,13H,9-12H2,1-4H3,(H,29,30)(H2,25,26,27). The molecule has 2 aliphatic rings. The van der Waals surface area contributed by atoms with Gasteiger partial charge in [0.25, 0.3) is 0 Å². The van der Waals surface area contributed by atoms with Gasteiger partial charge in [0.15, 0.2) is 11.5 Å². The molecule has 7 heteroatoms. The van der Waals surface area contributed by atoms with Crippen molar-refractivity contribution in [1.82, 2.24) is 9.97 Å². The Morgan fingerprint density at radius 1 is 1.19 bits per heavy atom. The van der Waals surface area contributed by atoms with Crippen molar-refractivity contribution < 1.29 is 14.6 Å². The van der Waals surface area contributed by atoms with Crippen molar-refractivity contribution in [2.24, 2.45) is 4.99 Å². The molecule has 1 aromatic carbocycles. The molecule has 7 nitrogen and oxygen atoms in total. The fourth-order valence-electron chi connectivity index (χ4n) is 4.64. The molecule has 1 atom stereocenters. The molecule has 31 heavy (non-hydrogen) atoms. The average Bonchev–Trinajstić information content (AvgIpc) is 2.69. The molecule has 2 heterocycles. The molecule has 162 valence electrons. The largest absolute Gasteiger partial charge is 0.481 e. The van der Waals surface area contributed by atoms with Gasteiger partial charge < -0.3 is 15.6 Å². The van der Waals surface area contributed by atoms with E-state index in [2.05, 4.69) is 48.1 Å². The van der Waals surface area contributed by atoms with Gasteiger partial charge in [-0.05, 0) is 51.0 Å². The first-order valence-corrected chi connectivity index (χ1v) is 10.5. The highest BCUT2D eigenvalue weighted by atomic mass is 16.5. The van der Waals surface area contributed by atoms with Crippen molar-refractivity contribution in [1.29, 1.82) is 0 Å². The molecule has 0 saturated carbocycles. The summed E-state index contributed by atoms with van der Waals surface area (Å²) in [6.45, 7) is 8.23. The zero-order valence-electron chi connectivity index (χ0n) is 18.4.